The number of rotatable bonds is 15. The first kappa shape index (κ1) is 36.9. The van der Waals surface area contributed by atoms with Gasteiger partial charge in [0.05, 0.1) is 13.0 Å². The van der Waals surface area contributed by atoms with Crippen LogP contribution in [-0.4, -0.2) is 59.6 Å². The van der Waals surface area contributed by atoms with Gasteiger partial charge in [0, 0.05) is 12.6 Å². The van der Waals surface area contributed by atoms with Crippen molar-refractivity contribution in [2.45, 2.75) is 126 Å². The van der Waals surface area contributed by atoms with Crippen molar-refractivity contribution >= 4 is 23.9 Å². The van der Waals surface area contributed by atoms with Gasteiger partial charge in [0.15, 0.2) is 0 Å². The summed E-state index contributed by atoms with van der Waals surface area (Å²) in [5, 5.41) is 5.69. The molecular weight excluding hydrogens is 534 g/mol. The highest BCUT2D eigenvalue weighted by Gasteiger charge is 2.40. The SMILES string of the molecule is CCOC(=O)CCNC(=O)C(c1c(C)cccc1C)N(C(=O)C(CC(C)C)NC(=O)OC(C)(C)C)C(C)CCC(C)C. The lowest BCUT2D eigenvalue weighted by Crippen LogP contribution is -2.56. The molecule has 0 fully saturated rings. The van der Waals surface area contributed by atoms with Gasteiger partial charge in [0.1, 0.15) is 17.7 Å². The van der Waals surface area contributed by atoms with Gasteiger partial charge in [0.25, 0.3) is 0 Å². The van der Waals surface area contributed by atoms with Crippen LogP contribution in [-0.2, 0) is 23.9 Å². The van der Waals surface area contributed by atoms with Crippen LogP contribution in [0, 0.1) is 25.7 Å². The second-order valence-corrected chi connectivity index (χ2v) is 12.9. The van der Waals surface area contributed by atoms with Gasteiger partial charge in [-0.1, -0.05) is 45.9 Å². The van der Waals surface area contributed by atoms with Crippen LogP contribution >= 0.6 is 0 Å². The van der Waals surface area contributed by atoms with Gasteiger partial charge >= 0.3 is 12.1 Å². The van der Waals surface area contributed by atoms with Crippen LogP contribution in [0.5, 0.6) is 0 Å². The summed E-state index contributed by atoms with van der Waals surface area (Å²) in [6, 6.07) is 3.57. The zero-order valence-electron chi connectivity index (χ0n) is 27.8. The number of nitrogens with one attached hydrogen (secondary N) is 2. The average molecular weight is 590 g/mol. The van der Waals surface area contributed by atoms with E-state index in [9.17, 15) is 19.2 Å². The van der Waals surface area contributed by atoms with Crippen LogP contribution in [0.4, 0.5) is 4.79 Å². The first-order chi connectivity index (χ1) is 19.5. The van der Waals surface area contributed by atoms with Gasteiger partial charge in [0.2, 0.25) is 11.8 Å². The molecule has 3 unspecified atom stereocenters. The number of esters is 1. The topological polar surface area (TPSA) is 114 Å². The minimum atomic E-state index is -0.974. The van der Waals surface area contributed by atoms with Gasteiger partial charge in [-0.3, -0.25) is 14.4 Å². The lowest BCUT2D eigenvalue weighted by atomic mass is 9.91. The molecule has 0 bridgehead atoms. The highest BCUT2D eigenvalue weighted by Crippen LogP contribution is 2.32. The molecule has 0 aliphatic carbocycles. The lowest BCUT2D eigenvalue weighted by Gasteiger charge is -2.40. The molecule has 0 aromatic heterocycles. The first-order valence-corrected chi connectivity index (χ1v) is 15.3. The molecule has 238 valence electrons. The van der Waals surface area contributed by atoms with E-state index >= 15 is 0 Å². The number of hydrogen-bond donors (Lipinski definition) is 2. The molecule has 3 amide bonds. The number of ether oxygens (including phenoxy) is 2. The number of amides is 3. The number of carbonyl (C=O) groups is 4. The van der Waals surface area contributed by atoms with E-state index in [-0.39, 0.29) is 43.3 Å². The third-order valence-electron chi connectivity index (χ3n) is 6.86. The van der Waals surface area contributed by atoms with E-state index in [1.807, 2.05) is 52.8 Å². The van der Waals surface area contributed by atoms with Crippen molar-refractivity contribution in [3.8, 4) is 0 Å². The van der Waals surface area contributed by atoms with E-state index in [0.717, 1.165) is 23.1 Å². The molecule has 2 N–H and O–H groups in total. The van der Waals surface area contributed by atoms with Crippen molar-refractivity contribution in [1.29, 1.82) is 0 Å². The summed E-state index contributed by atoms with van der Waals surface area (Å²) in [5.41, 5.74) is 1.74. The molecule has 0 aliphatic heterocycles. The summed E-state index contributed by atoms with van der Waals surface area (Å²) < 4.78 is 10.5. The maximum Gasteiger partial charge on any atom is 0.408 e. The largest absolute Gasteiger partial charge is 0.466 e. The van der Waals surface area contributed by atoms with Gasteiger partial charge in [-0.05, 0) is 96.3 Å². The van der Waals surface area contributed by atoms with Crippen LogP contribution in [0.1, 0.15) is 111 Å². The van der Waals surface area contributed by atoms with Crippen molar-refractivity contribution < 1.29 is 28.7 Å². The fourth-order valence-electron chi connectivity index (χ4n) is 4.91. The highest BCUT2D eigenvalue weighted by molar-refractivity contribution is 5.93. The Morgan fingerprint density at radius 1 is 0.929 bits per heavy atom. The fraction of sp³-hybridized carbons (Fsp3) is 0.697. The number of alkyl carbamates (subject to hydrolysis) is 1. The van der Waals surface area contributed by atoms with Crippen molar-refractivity contribution in [3.63, 3.8) is 0 Å². The fourth-order valence-corrected chi connectivity index (χ4v) is 4.91. The molecule has 0 saturated heterocycles. The summed E-state index contributed by atoms with van der Waals surface area (Å²) in [5.74, 6) is -0.661. The molecule has 0 aliphatic rings. The van der Waals surface area contributed by atoms with Crippen molar-refractivity contribution in [2.24, 2.45) is 11.8 Å². The Morgan fingerprint density at radius 3 is 2.02 bits per heavy atom. The number of benzene rings is 1. The maximum absolute atomic E-state index is 14.6. The molecule has 0 spiro atoms. The molecular formula is C33H55N3O6. The standard InChI is InChI=1S/C33H55N3O6/c1-12-41-27(37)18-19-34-30(38)29(28-23(6)14-13-15-24(28)7)36(25(8)17-16-21(2)3)31(39)26(20-22(4)5)35-32(40)42-33(9,10)11/h13-15,21-22,25-26,29H,12,16-20H2,1-11H3,(H,34,38)(H,35,40). The van der Waals surface area contributed by atoms with Gasteiger partial charge in [-0.15, -0.1) is 0 Å². The Hall–Kier alpha value is -3.10. The predicted octanol–water partition coefficient (Wildman–Crippen LogP) is 6.01. The summed E-state index contributed by atoms with van der Waals surface area (Å²) in [6.45, 7) is 21.4. The number of aryl methyl sites for hydroxylation is 2. The normalized spacial score (nSPS) is 13.7. The third kappa shape index (κ3) is 12.4. The van der Waals surface area contributed by atoms with Crippen molar-refractivity contribution in [1.82, 2.24) is 15.5 Å². The number of carbonyl (C=O) groups excluding carboxylic acids is 4. The molecule has 1 aromatic rings. The van der Waals surface area contributed by atoms with Gasteiger partial charge in [-0.25, -0.2) is 4.79 Å². The van der Waals surface area contributed by atoms with E-state index in [4.69, 9.17) is 9.47 Å². The van der Waals surface area contributed by atoms with Crippen LogP contribution < -0.4 is 10.6 Å². The Kier molecular flexibility index (Phi) is 15.1. The van der Waals surface area contributed by atoms with Crippen molar-refractivity contribution in [3.05, 3.63) is 34.9 Å². The molecule has 42 heavy (non-hydrogen) atoms. The van der Waals surface area contributed by atoms with Gasteiger partial charge < -0.3 is 25.0 Å². The average Bonchev–Trinajstić information content (AvgIpc) is 2.84. The number of hydrogen-bond acceptors (Lipinski definition) is 6. The summed E-state index contributed by atoms with van der Waals surface area (Å²) in [4.78, 5) is 55.1. The maximum atomic E-state index is 14.6. The highest BCUT2D eigenvalue weighted by atomic mass is 16.6. The molecule has 0 radical (unpaired) electrons. The van der Waals surface area contributed by atoms with E-state index in [2.05, 4.69) is 24.5 Å². The predicted molar refractivity (Wildman–Crippen MR) is 166 cm³/mol. The molecule has 1 rings (SSSR count). The summed E-state index contributed by atoms with van der Waals surface area (Å²) in [6.07, 6.45) is 1.23. The first-order valence-electron chi connectivity index (χ1n) is 15.3. The van der Waals surface area contributed by atoms with Crippen LogP contribution in [0.3, 0.4) is 0 Å². The smallest absolute Gasteiger partial charge is 0.408 e. The Balaban J connectivity index is 3.67. The monoisotopic (exact) mass is 589 g/mol. The van der Waals surface area contributed by atoms with E-state index in [0.29, 0.717) is 18.8 Å². The van der Waals surface area contributed by atoms with Gasteiger partial charge in [-0.2, -0.15) is 0 Å². The lowest BCUT2D eigenvalue weighted by molar-refractivity contribution is -0.146. The van der Waals surface area contributed by atoms with Crippen LogP contribution in [0.25, 0.3) is 0 Å². The molecule has 1 aromatic carbocycles. The third-order valence-corrected chi connectivity index (χ3v) is 6.86. The van der Waals surface area contributed by atoms with E-state index < -0.39 is 29.7 Å². The molecule has 0 heterocycles. The summed E-state index contributed by atoms with van der Waals surface area (Å²) in [7, 11) is 0. The Morgan fingerprint density at radius 2 is 1.52 bits per heavy atom. The minimum absolute atomic E-state index is 0.0199. The van der Waals surface area contributed by atoms with E-state index in [1.54, 1.807) is 32.6 Å². The minimum Gasteiger partial charge on any atom is -0.466 e. The zero-order valence-corrected chi connectivity index (χ0v) is 27.8. The number of nitrogens with zero attached hydrogens (tertiary/aromatic N) is 1. The molecule has 3 atom stereocenters. The molecule has 0 saturated carbocycles. The summed E-state index contributed by atoms with van der Waals surface area (Å²) >= 11 is 0. The van der Waals surface area contributed by atoms with Crippen LogP contribution in [0.15, 0.2) is 18.2 Å². The molecule has 9 nitrogen and oxygen atoms in total. The zero-order chi connectivity index (χ0) is 32.2. The van der Waals surface area contributed by atoms with Crippen molar-refractivity contribution in [2.75, 3.05) is 13.2 Å². The Bertz CT molecular complexity index is 1030. The van der Waals surface area contributed by atoms with E-state index in [1.165, 1.54) is 0 Å². The second-order valence-electron chi connectivity index (χ2n) is 12.9. The second kappa shape index (κ2) is 17.1. The molecule has 9 heteroatoms. The van der Waals surface area contributed by atoms with Crippen LogP contribution in [0.2, 0.25) is 0 Å². The Labute approximate surface area is 253 Å². The quantitative estimate of drug-likeness (QED) is 0.242.